The fourth-order valence-corrected chi connectivity index (χ4v) is 1.73. The highest BCUT2D eigenvalue weighted by Gasteiger charge is 2.42. The summed E-state index contributed by atoms with van der Waals surface area (Å²) in [7, 11) is 0. The topological polar surface area (TPSA) is 40.5 Å². The number of aliphatic carboxylic acids is 1. The first-order chi connectivity index (χ1) is 6.33. The van der Waals surface area contributed by atoms with Crippen LogP contribution in [0.3, 0.4) is 0 Å². The number of carboxylic acids is 1. The third-order valence-electron chi connectivity index (χ3n) is 2.80. The molecule has 1 saturated heterocycles. The highest BCUT2D eigenvalue weighted by molar-refractivity contribution is 5.75. The van der Waals surface area contributed by atoms with Gasteiger partial charge in [-0.05, 0) is 11.8 Å². The smallest absolute Gasteiger partial charge is 0.375 e. The van der Waals surface area contributed by atoms with E-state index in [0.717, 1.165) is 0 Å². The van der Waals surface area contributed by atoms with Crippen LogP contribution in [0.15, 0.2) is 0 Å². The predicted molar refractivity (Wildman–Crippen MR) is 47.4 cm³/mol. The Bertz CT molecular complexity index is 223. The number of rotatable bonds is 3. The minimum atomic E-state index is -3.62. The SMILES string of the molecule is CC1CN(CC(F)(F)C(=O)O)CC1C. The van der Waals surface area contributed by atoms with Gasteiger partial charge in [0.2, 0.25) is 0 Å². The summed E-state index contributed by atoms with van der Waals surface area (Å²) in [4.78, 5) is 11.7. The summed E-state index contributed by atoms with van der Waals surface area (Å²) < 4.78 is 25.6. The highest BCUT2D eigenvalue weighted by atomic mass is 19.3. The van der Waals surface area contributed by atoms with Crippen molar-refractivity contribution in [3.05, 3.63) is 0 Å². The Hall–Kier alpha value is -0.710. The van der Waals surface area contributed by atoms with Crippen LogP contribution in [0.1, 0.15) is 13.8 Å². The van der Waals surface area contributed by atoms with Crippen molar-refractivity contribution in [3.63, 3.8) is 0 Å². The van der Waals surface area contributed by atoms with Crippen molar-refractivity contribution in [2.24, 2.45) is 11.8 Å². The molecular formula is C9H15F2NO2. The largest absolute Gasteiger partial charge is 0.477 e. The Balaban J connectivity index is 2.50. The van der Waals surface area contributed by atoms with Crippen molar-refractivity contribution in [3.8, 4) is 0 Å². The second-order valence-corrected chi connectivity index (χ2v) is 4.16. The van der Waals surface area contributed by atoms with E-state index in [0.29, 0.717) is 24.9 Å². The number of hydrogen-bond donors (Lipinski definition) is 1. The molecule has 0 saturated carbocycles. The normalized spacial score (nSPS) is 29.4. The highest BCUT2D eigenvalue weighted by Crippen LogP contribution is 2.25. The monoisotopic (exact) mass is 207 g/mol. The van der Waals surface area contributed by atoms with Gasteiger partial charge in [-0.1, -0.05) is 13.8 Å². The van der Waals surface area contributed by atoms with Crippen molar-refractivity contribution >= 4 is 5.97 Å². The van der Waals surface area contributed by atoms with Gasteiger partial charge in [-0.15, -0.1) is 0 Å². The first-order valence-corrected chi connectivity index (χ1v) is 4.66. The molecule has 1 N–H and O–H groups in total. The Labute approximate surface area is 81.7 Å². The predicted octanol–water partition coefficient (Wildman–Crippen LogP) is 1.29. The fraction of sp³-hybridized carbons (Fsp3) is 0.889. The molecule has 0 amide bonds. The van der Waals surface area contributed by atoms with Crippen LogP contribution in [0.5, 0.6) is 0 Å². The first-order valence-electron chi connectivity index (χ1n) is 4.66. The zero-order chi connectivity index (χ0) is 10.9. The lowest BCUT2D eigenvalue weighted by atomic mass is 10.0. The summed E-state index contributed by atoms with van der Waals surface area (Å²) >= 11 is 0. The van der Waals surface area contributed by atoms with Crippen molar-refractivity contribution in [1.29, 1.82) is 0 Å². The lowest BCUT2D eigenvalue weighted by Crippen LogP contribution is -2.41. The molecule has 1 fully saturated rings. The molecule has 0 radical (unpaired) electrons. The van der Waals surface area contributed by atoms with Crippen LogP contribution in [-0.4, -0.2) is 41.5 Å². The van der Waals surface area contributed by atoms with Gasteiger partial charge in [-0.2, -0.15) is 8.78 Å². The second kappa shape index (κ2) is 3.81. The summed E-state index contributed by atoms with van der Waals surface area (Å²) in [6, 6.07) is 0. The molecule has 0 aliphatic carbocycles. The van der Waals surface area contributed by atoms with Gasteiger partial charge in [-0.3, -0.25) is 4.90 Å². The van der Waals surface area contributed by atoms with E-state index in [9.17, 15) is 13.6 Å². The summed E-state index contributed by atoms with van der Waals surface area (Å²) in [5.74, 6) is -4.94. The van der Waals surface area contributed by atoms with E-state index in [1.807, 2.05) is 13.8 Å². The molecule has 2 unspecified atom stereocenters. The maximum Gasteiger partial charge on any atom is 0.375 e. The van der Waals surface area contributed by atoms with Gasteiger partial charge in [0.05, 0.1) is 6.54 Å². The number of carboxylic acid groups (broad SMARTS) is 1. The van der Waals surface area contributed by atoms with Crippen LogP contribution in [-0.2, 0) is 4.79 Å². The maximum atomic E-state index is 12.8. The van der Waals surface area contributed by atoms with E-state index >= 15 is 0 Å². The zero-order valence-corrected chi connectivity index (χ0v) is 8.33. The average Bonchev–Trinajstić information content (AvgIpc) is 2.29. The van der Waals surface area contributed by atoms with Crippen molar-refractivity contribution in [2.45, 2.75) is 19.8 Å². The first kappa shape index (κ1) is 11.4. The molecule has 1 aliphatic rings. The lowest BCUT2D eigenvalue weighted by molar-refractivity contribution is -0.167. The molecule has 1 aliphatic heterocycles. The Morgan fingerprint density at radius 1 is 1.43 bits per heavy atom. The molecule has 1 rings (SSSR count). The van der Waals surface area contributed by atoms with E-state index in [-0.39, 0.29) is 0 Å². The molecule has 0 bridgehead atoms. The molecule has 0 aromatic rings. The van der Waals surface area contributed by atoms with Gasteiger partial charge >= 0.3 is 11.9 Å². The second-order valence-electron chi connectivity index (χ2n) is 4.16. The van der Waals surface area contributed by atoms with Crippen molar-refractivity contribution in [1.82, 2.24) is 4.90 Å². The number of hydrogen-bond acceptors (Lipinski definition) is 2. The molecular weight excluding hydrogens is 192 g/mol. The number of carbonyl (C=O) groups is 1. The van der Waals surface area contributed by atoms with Gasteiger partial charge in [0, 0.05) is 13.1 Å². The van der Waals surface area contributed by atoms with Crippen molar-refractivity contribution in [2.75, 3.05) is 19.6 Å². The van der Waals surface area contributed by atoms with E-state index in [2.05, 4.69) is 0 Å². The Kier molecular flexibility index (Phi) is 3.09. The molecule has 14 heavy (non-hydrogen) atoms. The van der Waals surface area contributed by atoms with E-state index in [1.54, 1.807) is 0 Å². The van der Waals surface area contributed by atoms with Crippen LogP contribution >= 0.6 is 0 Å². The van der Waals surface area contributed by atoms with Crippen molar-refractivity contribution < 1.29 is 18.7 Å². The van der Waals surface area contributed by atoms with Crippen LogP contribution in [0.4, 0.5) is 8.78 Å². The average molecular weight is 207 g/mol. The number of halogens is 2. The minimum absolute atomic E-state index is 0.361. The van der Waals surface area contributed by atoms with Crippen LogP contribution in [0.2, 0.25) is 0 Å². The van der Waals surface area contributed by atoms with E-state index < -0.39 is 18.4 Å². The van der Waals surface area contributed by atoms with Crippen LogP contribution in [0.25, 0.3) is 0 Å². The fourth-order valence-electron chi connectivity index (χ4n) is 1.73. The molecule has 1 heterocycles. The zero-order valence-electron chi connectivity index (χ0n) is 8.33. The van der Waals surface area contributed by atoms with Gasteiger partial charge in [-0.25, -0.2) is 4.79 Å². The Morgan fingerprint density at radius 2 is 1.86 bits per heavy atom. The minimum Gasteiger partial charge on any atom is -0.477 e. The molecule has 3 nitrogen and oxygen atoms in total. The summed E-state index contributed by atoms with van der Waals surface area (Å²) in [5, 5.41) is 8.26. The summed E-state index contributed by atoms with van der Waals surface area (Å²) in [6.07, 6.45) is 0. The summed E-state index contributed by atoms with van der Waals surface area (Å²) in [5.41, 5.74) is 0. The van der Waals surface area contributed by atoms with Gasteiger partial charge in [0.25, 0.3) is 0 Å². The van der Waals surface area contributed by atoms with Gasteiger partial charge < -0.3 is 5.11 Å². The van der Waals surface area contributed by atoms with Gasteiger partial charge in [0.15, 0.2) is 0 Å². The number of likely N-dealkylation sites (tertiary alicyclic amines) is 1. The number of nitrogens with zero attached hydrogens (tertiary/aromatic N) is 1. The third kappa shape index (κ3) is 2.41. The van der Waals surface area contributed by atoms with Crippen LogP contribution in [0, 0.1) is 11.8 Å². The molecule has 5 heteroatoms. The quantitative estimate of drug-likeness (QED) is 0.758. The van der Waals surface area contributed by atoms with E-state index in [1.165, 1.54) is 4.90 Å². The van der Waals surface area contributed by atoms with Gasteiger partial charge in [0.1, 0.15) is 0 Å². The molecule has 0 spiro atoms. The van der Waals surface area contributed by atoms with E-state index in [4.69, 9.17) is 5.11 Å². The lowest BCUT2D eigenvalue weighted by Gasteiger charge is -2.19. The summed E-state index contributed by atoms with van der Waals surface area (Å²) in [6.45, 7) is 4.43. The molecule has 0 aromatic carbocycles. The molecule has 0 aromatic heterocycles. The maximum absolute atomic E-state index is 12.8. The third-order valence-corrected chi connectivity index (χ3v) is 2.80. The van der Waals surface area contributed by atoms with Crippen LogP contribution < -0.4 is 0 Å². The molecule has 2 atom stereocenters. The molecule has 82 valence electrons. The number of alkyl halides is 2. The Morgan fingerprint density at radius 3 is 2.21 bits per heavy atom. The standard InChI is InChI=1S/C9H15F2NO2/c1-6-3-12(4-7(6)2)5-9(10,11)8(13)14/h6-7H,3-5H2,1-2H3,(H,13,14).